The lowest BCUT2D eigenvalue weighted by Gasteiger charge is -2.20. The first-order valence-corrected chi connectivity index (χ1v) is 17.0. The van der Waals surface area contributed by atoms with Crippen molar-refractivity contribution in [3.63, 3.8) is 0 Å². The quantitative estimate of drug-likeness (QED) is 0.166. The monoisotopic (exact) mass is 748 g/mol. The van der Waals surface area contributed by atoms with E-state index in [1.165, 1.54) is 0 Å². The summed E-state index contributed by atoms with van der Waals surface area (Å²) < 4.78 is 1.91. The average molecular weight is 751 g/mol. The normalized spacial score (nSPS) is 20.1. The van der Waals surface area contributed by atoms with Crippen LogP contribution in [0, 0.1) is 0 Å². The highest BCUT2D eigenvalue weighted by Crippen LogP contribution is 2.34. The minimum Gasteiger partial charge on any atom is -0.367 e. The Kier molecular flexibility index (Phi) is 9.70. The van der Waals surface area contributed by atoms with Gasteiger partial charge >= 0.3 is 0 Å². The number of carbonyl (C=O) groups excluding carboxylic acids is 2. The molecule has 8 nitrogen and oxygen atoms in total. The molecule has 2 aliphatic heterocycles. The summed E-state index contributed by atoms with van der Waals surface area (Å²) in [7, 11) is 0. The number of rotatable bonds is 9. The van der Waals surface area contributed by atoms with Crippen molar-refractivity contribution >= 4 is 88.9 Å². The molecule has 2 aliphatic rings. The van der Waals surface area contributed by atoms with E-state index in [1.54, 1.807) is 9.80 Å². The molecule has 2 unspecified atom stereocenters. The Morgan fingerprint density at radius 3 is 1.30 bits per heavy atom. The number of halogens is 2. The Bertz CT molecular complexity index is 1560. The first-order chi connectivity index (χ1) is 21.4. The van der Waals surface area contributed by atoms with Crippen LogP contribution in [-0.4, -0.2) is 42.7 Å². The number of hydrogen-bond donors (Lipinski definition) is 2. The second-order valence-corrected chi connectivity index (χ2v) is 13.8. The van der Waals surface area contributed by atoms with Crippen LogP contribution in [-0.2, 0) is 13.1 Å². The number of hydrogen-bond acceptors (Lipinski definition) is 8. The van der Waals surface area contributed by atoms with Crippen LogP contribution >= 0.6 is 55.4 Å². The number of amidine groups is 2. The molecular formula is C32H26Br2N6O2S2. The number of nitrogens with one attached hydrogen (secondary N) is 2. The molecule has 44 heavy (non-hydrogen) atoms. The van der Waals surface area contributed by atoms with Crippen molar-refractivity contribution in [2.75, 3.05) is 10.6 Å². The van der Waals surface area contributed by atoms with Gasteiger partial charge in [-0.25, -0.2) is 0 Å². The minimum atomic E-state index is -0.484. The van der Waals surface area contributed by atoms with Gasteiger partial charge in [0.1, 0.15) is 10.7 Å². The van der Waals surface area contributed by atoms with Crippen LogP contribution in [0.2, 0.25) is 0 Å². The molecule has 0 radical (unpaired) electrons. The number of nitrogens with zero attached hydrogens (tertiary/aromatic N) is 4. The van der Waals surface area contributed by atoms with Gasteiger partial charge in [0, 0.05) is 20.3 Å². The lowest BCUT2D eigenvalue weighted by molar-refractivity contribution is 0.242. The summed E-state index contributed by atoms with van der Waals surface area (Å²) in [5.74, 6) is 0.927. The Morgan fingerprint density at radius 2 is 0.932 bits per heavy atom. The molecule has 222 valence electrons. The van der Waals surface area contributed by atoms with Gasteiger partial charge in [0.05, 0.1) is 13.1 Å². The molecule has 6 rings (SSSR count). The van der Waals surface area contributed by atoms with E-state index >= 15 is 0 Å². The molecule has 2 heterocycles. The maximum Gasteiger partial charge on any atom is 0.289 e. The largest absolute Gasteiger partial charge is 0.367 e. The zero-order chi connectivity index (χ0) is 30.5. The van der Waals surface area contributed by atoms with Gasteiger partial charge in [-0.05, 0) is 83.2 Å². The fourth-order valence-corrected chi connectivity index (χ4v) is 7.08. The summed E-state index contributed by atoms with van der Waals surface area (Å²) >= 11 is 9.25. The third kappa shape index (κ3) is 7.37. The maximum atomic E-state index is 13.4. The Balaban J connectivity index is 1.37. The highest BCUT2D eigenvalue weighted by atomic mass is 79.9. The third-order valence-electron chi connectivity index (χ3n) is 6.81. The molecule has 0 aliphatic carbocycles. The summed E-state index contributed by atoms with van der Waals surface area (Å²) in [5, 5.41) is 15.1. The van der Waals surface area contributed by atoms with Crippen molar-refractivity contribution in [2.45, 2.75) is 23.8 Å². The van der Waals surface area contributed by atoms with Crippen LogP contribution in [0.15, 0.2) is 128 Å². The van der Waals surface area contributed by atoms with Gasteiger partial charge < -0.3 is 10.6 Å². The molecule has 0 saturated carbocycles. The average Bonchev–Trinajstić information content (AvgIpc) is 3.48. The van der Waals surface area contributed by atoms with Crippen LogP contribution in [0.3, 0.4) is 0 Å². The molecule has 12 heteroatoms. The van der Waals surface area contributed by atoms with Crippen molar-refractivity contribution in [2.24, 2.45) is 10.2 Å². The zero-order valence-corrected chi connectivity index (χ0v) is 27.9. The molecular weight excluding hydrogens is 724 g/mol. The van der Waals surface area contributed by atoms with E-state index < -0.39 is 10.7 Å². The van der Waals surface area contributed by atoms with E-state index in [0.29, 0.717) is 24.8 Å². The molecule has 2 fully saturated rings. The molecule has 0 aromatic heterocycles. The van der Waals surface area contributed by atoms with Crippen molar-refractivity contribution in [1.29, 1.82) is 0 Å². The SMILES string of the molecule is O=C1SC(Nc2ccc(Br)cc2)/C(=N\N=C2/C(Nc3ccc(Br)cc3)SC(=O)N2Cc2ccccc2)N1Cc1ccccc1. The molecule has 4 aromatic rings. The van der Waals surface area contributed by atoms with Crippen LogP contribution in [0.25, 0.3) is 0 Å². The summed E-state index contributed by atoms with van der Waals surface area (Å²) in [6, 6.07) is 35.0. The van der Waals surface area contributed by atoms with E-state index in [9.17, 15) is 9.59 Å². The first-order valence-electron chi connectivity index (χ1n) is 13.7. The Labute approximate surface area is 280 Å². The van der Waals surface area contributed by atoms with E-state index in [-0.39, 0.29) is 10.5 Å². The maximum absolute atomic E-state index is 13.4. The minimum absolute atomic E-state index is 0.134. The second-order valence-electron chi connectivity index (χ2n) is 9.89. The number of thioether (sulfide) groups is 2. The molecule has 2 N–H and O–H groups in total. The van der Waals surface area contributed by atoms with E-state index in [1.807, 2.05) is 109 Å². The summed E-state index contributed by atoms with van der Waals surface area (Å²) in [4.78, 5) is 30.0. The molecule has 2 atom stereocenters. The van der Waals surface area contributed by atoms with E-state index in [0.717, 1.165) is 55.0 Å². The number of amides is 2. The summed E-state index contributed by atoms with van der Waals surface area (Å²) in [6.45, 7) is 0.688. The highest BCUT2D eigenvalue weighted by Gasteiger charge is 2.40. The number of benzene rings is 4. The number of carbonyl (C=O) groups is 2. The molecule has 2 saturated heterocycles. The third-order valence-corrected chi connectivity index (χ3v) is 9.84. The van der Waals surface area contributed by atoms with Gasteiger partial charge in [0.2, 0.25) is 0 Å². The van der Waals surface area contributed by atoms with Crippen LogP contribution < -0.4 is 10.6 Å². The lowest BCUT2D eigenvalue weighted by Crippen LogP contribution is -2.36. The number of anilines is 2. The predicted octanol–water partition coefficient (Wildman–Crippen LogP) is 8.84. The highest BCUT2D eigenvalue weighted by molar-refractivity contribution is 9.10. The smallest absolute Gasteiger partial charge is 0.289 e. The zero-order valence-electron chi connectivity index (χ0n) is 23.1. The van der Waals surface area contributed by atoms with Crippen LogP contribution in [0.1, 0.15) is 11.1 Å². The Morgan fingerprint density at radius 1 is 0.568 bits per heavy atom. The van der Waals surface area contributed by atoms with E-state index in [2.05, 4.69) is 42.5 Å². The van der Waals surface area contributed by atoms with Crippen LogP contribution in [0.4, 0.5) is 21.0 Å². The lowest BCUT2D eigenvalue weighted by atomic mass is 10.2. The molecule has 0 spiro atoms. The molecule has 2 amide bonds. The van der Waals surface area contributed by atoms with Crippen molar-refractivity contribution in [3.05, 3.63) is 129 Å². The summed E-state index contributed by atoms with van der Waals surface area (Å²) in [5.41, 5.74) is 3.62. The van der Waals surface area contributed by atoms with Gasteiger partial charge in [0.25, 0.3) is 10.5 Å². The predicted molar refractivity (Wildman–Crippen MR) is 188 cm³/mol. The van der Waals surface area contributed by atoms with Crippen molar-refractivity contribution in [1.82, 2.24) is 9.80 Å². The van der Waals surface area contributed by atoms with Gasteiger partial charge in [-0.2, -0.15) is 0 Å². The van der Waals surface area contributed by atoms with Gasteiger partial charge in [0.15, 0.2) is 11.7 Å². The van der Waals surface area contributed by atoms with E-state index in [4.69, 9.17) is 10.2 Å². The first kappa shape index (κ1) is 30.4. The standard InChI is InChI=1S/C32H26Br2N6O2S2/c33-23-11-15-25(16-12-23)35-29-27(39(31(41)43-29)19-21-7-3-1-4-8-21)37-38-28-30(36-26-17-13-24(34)14-18-26)44-32(42)40(28)20-22-9-5-2-6-10-22/h1-18,29-30,35-36H,19-20H2/b37-27+,38-28+. The van der Waals surface area contributed by atoms with Gasteiger partial charge in [-0.1, -0.05) is 92.5 Å². The fourth-order valence-electron chi connectivity index (χ4n) is 4.63. The van der Waals surface area contributed by atoms with Crippen molar-refractivity contribution in [3.8, 4) is 0 Å². The summed E-state index contributed by atoms with van der Waals surface area (Å²) in [6.07, 6.45) is 0. The fraction of sp³-hybridized carbons (Fsp3) is 0.125. The molecule has 4 aromatic carbocycles. The topological polar surface area (TPSA) is 89.4 Å². The van der Waals surface area contributed by atoms with Gasteiger partial charge in [-0.3, -0.25) is 19.4 Å². The second kappa shape index (κ2) is 14.0. The molecule has 0 bridgehead atoms. The van der Waals surface area contributed by atoms with Gasteiger partial charge in [-0.15, -0.1) is 10.2 Å². The van der Waals surface area contributed by atoms with Crippen molar-refractivity contribution < 1.29 is 9.59 Å². The Hall–Kier alpha value is -3.58. The van der Waals surface area contributed by atoms with Crippen LogP contribution in [0.5, 0.6) is 0 Å².